The summed E-state index contributed by atoms with van der Waals surface area (Å²) in [5.41, 5.74) is 3.87. The van der Waals surface area contributed by atoms with Crippen LogP contribution in [0.15, 0.2) is 89.6 Å². The topological polar surface area (TPSA) is 51.0 Å². The van der Waals surface area contributed by atoms with Crippen LogP contribution in [-0.4, -0.2) is 10.1 Å². The summed E-state index contributed by atoms with van der Waals surface area (Å²) in [7, 11) is 0. The maximum atomic E-state index is 5.95. The Balaban J connectivity index is 1.52. The second-order valence-electron chi connectivity index (χ2n) is 6.16. The van der Waals surface area contributed by atoms with Crippen LogP contribution >= 0.6 is 11.6 Å². The van der Waals surface area contributed by atoms with Crippen LogP contribution < -0.4 is 5.32 Å². The van der Waals surface area contributed by atoms with Gasteiger partial charge in [0.05, 0.1) is 18.3 Å². The Morgan fingerprint density at radius 3 is 2.44 bits per heavy atom. The minimum Gasteiger partial charge on any atom is -0.359 e. The van der Waals surface area contributed by atoms with Crippen LogP contribution in [0.3, 0.4) is 0 Å². The molecule has 1 unspecified atom stereocenters. The molecule has 2 aromatic carbocycles. The molecule has 4 nitrogen and oxygen atoms in total. The third kappa shape index (κ3) is 4.25. The van der Waals surface area contributed by atoms with Crippen LogP contribution in [0.2, 0.25) is 5.02 Å². The van der Waals surface area contributed by atoms with Gasteiger partial charge in [-0.3, -0.25) is 10.3 Å². The van der Waals surface area contributed by atoms with Gasteiger partial charge in [0.25, 0.3) is 0 Å². The number of hydrogen-bond donors (Lipinski definition) is 1. The molecule has 0 amide bonds. The van der Waals surface area contributed by atoms with Crippen molar-refractivity contribution in [2.45, 2.75) is 12.6 Å². The number of halogens is 1. The van der Waals surface area contributed by atoms with Gasteiger partial charge >= 0.3 is 0 Å². The Morgan fingerprint density at radius 2 is 1.70 bits per heavy atom. The quantitative estimate of drug-likeness (QED) is 0.498. The predicted molar refractivity (Wildman–Crippen MR) is 106 cm³/mol. The number of hydrogen-bond acceptors (Lipinski definition) is 4. The number of nitrogens with zero attached hydrogens (tertiary/aromatic N) is 2. The van der Waals surface area contributed by atoms with E-state index in [1.54, 1.807) is 6.20 Å². The Kier molecular flexibility index (Phi) is 5.28. The molecule has 4 rings (SSSR count). The Bertz CT molecular complexity index is 946. The van der Waals surface area contributed by atoms with E-state index in [9.17, 15) is 0 Å². The first-order valence-corrected chi connectivity index (χ1v) is 9.08. The zero-order valence-corrected chi connectivity index (χ0v) is 15.3. The van der Waals surface area contributed by atoms with Gasteiger partial charge in [-0.25, -0.2) is 0 Å². The third-order valence-corrected chi connectivity index (χ3v) is 4.55. The molecule has 0 aliphatic rings. The Labute approximate surface area is 162 Å². The largest absolute Gasteiger partial charge is 0.359 e. The van der Waals surface area contributed by atoms with Crippen molar-refractivity contribution in [2.24, 2.45) is 0 Å². The van der Waals surface area contributed by atoms with Crippen molar-refractivity contribution >= 4 is 11.6 Å². The highest BCUT2D eigenvalue weighted by Gasteiger charge is 2.16. The molecular weight excluding hydrogens is 358 g/mol. The van der Waals surface area contributed by atoms with Gasteiger partial charge in [-0.2, -0.15) is 0 Å². The lowest BCUT2D eigenvalue weighted by atomic mass is 10.0. The molecule has 0 saturated carbocycles. The molecule has 0 bridgehead atoms. The lowest BCUT2D eigenvalue weighted by molar-refractivity contribution is 0.369. The van der Waals surface area contributed by atoms with E-state index in [0.717, 1.165) is 28.3 Å². The second-order valence-corrected chi connectivity index (χ2v) is 6.60. The Hall–Kier alpha value is -2.95. The molecule has 0 radical (unpaired) electrons. The normalized spacial score (nSPS) is 12.0. The van der Waals surface area contributed by atoms with Crippen LogP contribution in [0, 0.1) is 0 Å². The fourth-order valence-corrected chi connectivity index (χ4v) is 3.07. The van der Waals surface area contributed by atoms with E-state index < -0.39 is 0 Å². The van der Waals surface area contributed by atoms with Crippen molar-refractivity contribution in [1.29, 1.82) is 0 Å². The van der Waals surface area contributed by atoms with Gasteiger partial charge in [-0.1, -0.05) is 65.3 Å². The predicted octanol–water partition coefficient (Wildman–Crippen LogP) is 5.27. The van der Waals surface area contributed by atoms with Crippen molar-refractivity contribution in [3.63, 3.8) is 0 Å². The summed E-state index contributed by atoms with van der Waals surface area (Å²) in [6.45, 7) is 0.538. The molecule has 27 heavy (non-hydrogen) atoms. The molecule has 1 N–H and O–H groups in total. The van der Waals surface area contributed by atoms with Crippen LogP contribution in [-0.2, 0) is 6.54 Å². The van der Waals surface area contributed by atoms with Gasteiger partial charge in [-0.15, -0.1) is 0 Å². The number of rotatable bonds is 6. The molecule has 0 aliphatic carbocycles. The van der Waals surface area contributed by atoms with Crippen LogP contribution in [0.4, 0.5) is 0 Å². The standard InChI is InChI=1S/C22H18ClN3O/c23-18-11-9-16(10-12-18)21-14-19(27-26-21)15-25-22(17-6-2-1-3-7-17)20-8-4-5-13-24-20/h1-14,22,25H,15H2. The lowest BCUT2D eigenvalue weighted by Crippen LogP contribution is -2.22. The summed E-state index contributed by atoms with van der Waals surface area (Å²) in [4.78, 5) is 4.51. The number of nitrogens with one attached hydrogen (secondary N) is 1. The molecule has 134 valence electrons. The monoisotopic (exact) mass is 375 g/mol. The zero-order chi connectivity index (χ0) is 18.5. The van der Waals surface area contributed by atoms with Gasteiger partial charge in [-0.05, 0) is 29.8 Å². The Morgan fingerprint density at radius 1 is 0.926 bits per heavy atom. The maximum Gasteiger partial charge on any atom is 0.151 e. The van der Waals surface area contributed by atoms with Gasteiger partial charge < -0.3 is 4.52 Å². The summed E-state index contributed by atoms with van der Waals surface area (Å²) in [5, 5.41) is 8.39. The van der Waals surface area contributed by atoms with Gasteiger partial charge in [0.15, 0.2) is 5.76 Å². The highest BCUT2D eigenvalue weighted by molar-refractivity contribution is 6.30. The van der Waals surface area contributed by atoms with Crippen LogP contribution in [0.1, 0.15) is 23.1 Å². The van der Waals surface area contributed by atoms with Gasteiger partial charge in [0, 0.05) is 22.8 Å². The van der Waals surface area contributed by atoms with E-state index >= 15 is 0 Å². The summed E-state index contributed by atoms with van der Waals surface area (Å²) in [6, 6.07) is 25.6. The summed E-state index contributed by atoms with van der Waals surface area (Å²) in [6.07, 6.45) is 1.81. The number of aromatic nitrogens is 2. The molecule has 2 heterocycles. The fraction of sp³-hybridized carbons (Fsp3) is 0.0909. The van der Waals surface area contributed by atoms with Gasteiger partial charge in [0.1, 0.15) is 5.69 Å². The summed E-state index contributed by atoms with van der Waals surface area (Å²) < 4.78 is 5.51. The highest BCUT2D eigenvalue weighted by Crippen LogP contribution is 2.23. The molecule has 0 spiro atoms. The maximum absolute atomic E-state index is 5.95. The van der Waals surface area contributed by atoms with E-state index in [1.165, 1.54) is 0 Å². The first-order valence-electron chi connectivity index (χ1n) is 8.70. The van der Waals surface area contributed by atoms with Crippen molar-refractivity contribution < 1.29 is 4.52 Å². The van der Waals surface area contributed by atoms with Crippen LogP contribution in [0.25, 0.3) is 11.3 Å². The second kappa shape index (κ2) is 8.16. The summed E-state index contributed by atoms with van der Waals surface area (Å²) in [5.74, 6) is 0.761. The molecular formula is C22H18ClN3O. The van der Waals surface area contributed by atoms with Crippen molar-refractivity contribution in [3.05, 3.63) is 107 Å². The van der Waals surface area contributed by atoms with E-state index in [1.807, 2.05) is 66.7 Å². The van der Waals surface area contributed by atoms with Gasteiger partial charge in [0.2, 0.25) is 0 Å². The fourth-order valence-electron chi connectivity index (χ4n) is 2.94. The molecule has 1 atom stereocenters. The molecule has 0 saturated heterocycles. The molecule has 5 heteroatoms. The van der Waals surface area contributed by atoms with E-state index in [4.69, 9.17) is 16.1 Å². The third-order valence-electron chi connectivity index (χ3n) is 4.30. The SMILES string of the molecule is Clc1ccc(-c2cc(CNC(c3ccccc3)c3ccccn3)on2)cc1. The average Bonchev–Trinajstić information content (AvgIpc) is 3.19. The zero-order valence-electron chi connectivity index (χ0n) is 14.5. The molecule has 0 aliphatic heterocycles. The smallest absolute Gasteiger partial charge is 0.151 e. The average molecular weight is 376 g/mol. The molecule has 0 fully saturated rings. The minimum absolute atomic E-state index is 0.0310. The van der Waals surface area contributed by atoms with Crippen LogP contribution in [0.5, 0.6) is 0 Å². The van der Waals surface area contributed by atoms with E-state index in [-0.39, 0.29) is 6.04 Å². The van der Waals surface area contributed by atoms with E-state index in [0.29, 0.717) is 11.6 Å². The highest BCUT2D eigenvalue weighted by atomic mass is 35.5. The number of benzene rings is 2. The van der Waals surface area contributed by atoms with Crippen molar-refractivity contribution in [1.82, 2.24) is 15.5 Å². The number of pyridine rings is 1. The van der Waals surface area contributed by atoms with E-state index in [2.05, 4.69) is 27.6 Å². The van der Waals surface area contributed by atoms with Crippen molar-refractivity contribution in [3.8, 4) is 11.3 Å². The first-order chi connectivity index (χ1) is 13.3. The summed E-state index contributed by atoms with van der Waals surface area (Å²) >= 11 is 5.95. The van der Waals surface area contributed by atoms with Crippen molar-refractivity contribution in [2.75, 3.05) is 0 Å². The first kappa shape index (κ1) is 17.5. The minimum atomic E-state index is -0.0310. The molecule has 4 aromatic rings. The lowest BCUT2D eigenvalue weighted by Gasteiger charge is -2.18. The molecule has 2 aromatic heterocycles.